The third-order valence-corrected chi connectivity index (χ3v) is 5.71. The summed E-state index contributed by atoms with van der Waals surface area (Å²) >= 11 is 0. The second-order valence-corrected chi connectivity index (χ2v) is 8.26. The number of nitrogen functional groups attached to an aromatic ring is 1. The zero-order valence-corrected chi connectivity index (χ0v) is 16.8. The Balaban J connectivity index is 1.67. The van der Waals surface area contributed by atoms with E-state index in [0.717, 1.165) is 0 Å². The van der Waals surface area contributed by atoms with Crippen LogP contribution in [0.3, 0.4) is 0 Å². The molecule has 3 rings (SSSR count). The largest absolute Gasteiger partial charge is 0.397 e. The number of benzene rings is 3. The van der Waals surface area contributed by atoms with Gasteiger partial charge in [-0.2, -0.15) is 5.26 Å². The van der Waals surface area contributed by atoms with Gasteiger partial charge in [0.15, 0.2) is 0 Å². The van der Waals surface area contributed by atoms with E-state index >= 15 is 0 Å². The molecule has 7 nitrogen and oxygen atoms in total. The highest BCUT2D eigenvalue weighted by Crippen LogP contribution is 2.20. The molecule has 0 saturated heterocycles. The molecule has 0 fully saturated rings. The number of nitrogens with one attached hydrogen (secondary N) is 2. The van der Waals surface area contributed by atoms with E-state index in [9.17, 15) is 13.2 Å². The summed E-state index contributed by atoms with van der Waals surface area (Å²) in [6.45, 7) is 0. The molecule has 3 aromatic rings. The van der Waals surface area contributed by atoms with Crippen LogP contribution in [-0.2, 0) is 21.2 Å². The quantitative estimate of drug-likeness (QED) is 0.504. The lowest BCUT2D eigenvalue weighted by molar-refractivity contribution is -0.116. The summed E-state index contributed by atoms with van der Waals surface area (Å²) < 4.78 is 27.8. The van der Waals surface area contributed by atoms with Crippen molar-refractivity contribution < 1.29 is 13.2 Å². The Morgan fingerprint density at radius 2 is 1.77 bits per heavy atom. The molecule has 4 N–H and O–H groups in total. The van der Waals surface area contributed by atoms with Crippen molar-refractivity contribution in [2.75, 3.05) is 15.8 Å². The van der Waals surface area contributed by atoms with Gasteiger partial charge in [-0.3, -0.25) is 9.52 Å². The van der Waals surface area contributed by atoms with Gasteiger partial charge in [0.2, 0.25) is 5.91 Å². The van der Waals surface area contributed by atoms with Crippen LogP contribution in [-0.4, -0.2) is 14.3 Å². The minimum absolute atomic E-state index is 0.0788. The van der Waals surface area contributed by atoms with Gasteiger partial charge in [0.1, 0.15) is 0 Å². The summed E-state index contributed by atoms with van der Waals surface area (Å²) in [6, 6.07) is 21.6. The van der Waals surface area contributed by atoms with Crippen LogP contribution in [0.15, 0.2) is 77.7 Å². The van der Waals surface area contributed by atoms with Crippen LogP contribution in [0, 0.1) is 11.3 Å². The van der Waals surface area contributed by atoms with Gasteiger partial charge in [-0.25, -0.2) is 8.42 Å². The SMILES string of the molecule is N#Cc1cccc(NS(=O)(=O)c2cccc(CCC(=O)Nc3ccccc3N)c2)c1. The zero-order valence-electron chi connectivity index (χ0n) is 16.0. The highest BCUT2D eigenvalue weighted by molar-refractivity contribution is 7.92. The predicted octanol–water partition coefficient (Wildman–Crippen LogP) is 3.51. The van der Waals surface area contributed by atoms with Crippen LogP contribution < -0.4 is 15.8 Å². The van der Waals surface area contributed by atoms with Gasteiger partial charge in [0.05, 0.1) is 33.6 Å². The van der Waals surface area contributed by atoms with Gasteiger partial charge in [-0.1, -0.05) is 30.3 Å². The molecule has 0 radical (unpaired) electrons. The summed E-state index contributed by atoms with van der Waals surface area (Å²) in [5.41, 5.74) is 8.21. The first-order valence-electron chi connectivity index (χ1n) is 9.14. The molecule has 152 valence electrons. The van der Waals surface area contributed by atoms with Crippen LogP contribution in [0.25, 0.3) is 0 Å². The first kappa shape index (κ1) is 20.9. The molecule has 0 saturated carbocycles. The summed E-state index contributed by atoms with van der Waals surface area (Å²) in [7, 11) is -3.83. The fraction of sp³-hybridized carbons (Fsp3) is 0.0909. The zero-order chi connectivity index (χ0) is 21.6. The maximum atomic E-state index is 12.7. The molecule has 8 heteroatoms. The molecule has 0 unspecified atom stereocenters. The van der Waals surface area contributed by atoms with E-state index < -0.39 is 10.0 Å². The Kier molecular flexibility index (Phi) is 6.35. The molecule has 1 amide bonds. The molecular formula is C22H20N4O3S. The number of anilines is 3. The first-order chi connectivity index (χ1) is 14.4. The Morgan fingerprint density at radius 1 is 1.00 bits per heavy atom. The van der Waals surface area contributed by atoms with Crippen molar-refractivity contribution in [2.45, 2.75) is 17.7 Å². The summed E-state index contributed by atoms with van der Waals surface area (Å²) in [4.78, 5) is 12.3. The van der Waals surface area contributed by atoms with Gasteiger partial charge < -0.3 is 11.1 Å². The fourth-order valence-corrected chi connectivity index (χ4v) is 3.94. The average molecular weight is 420 g/mol. The van der Waals surface area contributed by atoms with Crippen LogP contribution in [0.2, 0.25) is 0 Å². The van der Waals surface area contributed by atoms with Gasteiger partial charge in [0, 0.05) is 6.42 Å². The number of aryl methyl sites for hydroxylation is 1. The first-order valence-corrected chi connectivity index (χ1v) is 10.6. The second-order valence-electron chi connectivity index (χ2n) is 6.58. The molecule has 0 aliphatic heterocycles. The monoisotopic (exact) mass is 420 g/mol. The van der Waals surface area contributed by atoms with Gasteiger partial charge in [0.25, 0.3) is 10.0 Å². The van der Waals surface area contributed by atoms with Crippen LogP contribution in [0.1, 0.15) is 17.5 Å². The Bertz CT molecular complexity index is 1220. The van der Waals surface area contributed by atoms with E-state index in [-0.39, 0.29) is 17.2 Å². The number of hydrogen-bond acceptors (Lipinski definition) is 5. The minimum atomic E-state index is -3.83. The van der Waals surface area contributed by atoms with Crippen LogP contribution in [0.5, 0.6) is 0 Å². The van der Waals surface area contributed by atoms with E-state index in [1.807, 2.05) is 6.07 Å². The van der Waals surface area contributed by atoms with Gasteiger partial charge in [-0.15, -0.1) is 0 Å². The normalized spacial score (nSPS) is 10.8. The molecule has 0 aliphatic carbocycles. The molecule has 0 aromatic heterocycles. The number of nitrogens with zero attached hydrogens (tertiary/aromatic N) is 1. The standard InChI is InChI=1S/C22H20N4O3S/c23-15-17-6-3-7-18(13-17)26-30(28,29)19-8-4-5-16(14-19)11-12-22(27)25-21-10-2-1-9-20(21)24/h1-10,13-14,26H,11-12,24H2,(H,25,27). The highest BCUT2D eigenvalue weighted by Gasteiger charge is 2.15. The number of carbonyl (C=O) groups excluding carboxylic acids is 1. The van der Waals surface area contributed by atoms with Crippen LogP contribution >= 0.6 is 0 Å². The summed E-state index contributed by atoms with van der Waals surface area (Å²) in [5.74, 6) is -0.215. The molecule has 30 heavy (non-hydrogen) atoms. The van der Waals surface area contributed by atoms with Crippen molar-refractivity contribution in [3.05, 3.63) is 83.9 Å². The maximum Gasteiger partial charge on any atom is 0.261 e. The summed E-state index contributed by atoms with van der Waals surface area (Å²) in [6.07, 6.45) is 0.543. The Morgan fingerprint density at radius 3 is 2.53 bits per heavy atom. The van der Waals surface area contributed by atoms with E-state index in [1.165, 1.54) is 18.2 Å². The highest BCUT2D eigenvalue weighted by atomic mass is 32.2. The summed E-state index contributed by atoms with van der Waals surface area (Å²) in [5, 5.41) is 11.7. The number of nitriles is 1. The molecule has 0 atom stereocenters. The predicted molar refractivity (Wildman–Crippen MR) is 116 cm³/mol. The fourth-order valence-electron chi connectivity index (χ4n) is 2.82. The molecule has 0 spiro atoms. The minimum Gasteiger partial charge on any atom is -0.397 e. The van der Waals surface area contributed by atoms with Crippen molar-refractivity contribution in [2.24, 2.45) is 0 Å². The lowest BCUT2D eigenvalue weighted by Crippen LogP contribution is -2.14. The second kappa shape index (κ2) is 9.11. The molecule has 0 aliphatic rings. The number of para-hydroxylation sites is 2. The number of sulfonamides is 1. The number of nitrogens with two attached hydrogens (primary N) is 1. The third kappa shape index (κ3) is 5.37. The number of amides is 1. The van der Waals surface area contributed by atoms with E-state index in [0.29, 0.717) is 34.6 Å². The van der Waals surface area contributed by atoms with Gasteiger partial charge >= 0.3 is 0 Å². The Hall–Kier alpha value is -3.83. The lowest BCUT2D eigenvalue weighted by atomic mass is 10.1. The molecule has 0 heterocycles. The van der Waals surface area contributed by atoms with Crippen molar-refractivity contribution in [1.29, 1.82) is 5.26 Å². The third-order valence-electron chi connectivity index (χ3n) is 4.33. The van der Waals surface area contributed by atoms with Crippen molar-refractivity contribution >= 4 is 33.0 Å². The van der Waals surface area contributed by atoms with Crippen molar-refractivity contribution in [3.63, 3.8) is 0 Å². The molecule has 3 aromatic carbocycles. The lowest BCUT2D eigenvalue weighted by Gasteiger charge is -2.10. The van der Waals surface area contributed by atoms with Crippen LogP contribution in [0.4, 0.5) is 17.1 Å². The average Bonchev–Trinajstić information content (AvgIpc) is 2.74. The van der Waals surface area contributed by atoms with Crippen molar-refractivity contribution in [3.8, 4) is 6.07 Å². The van der Waals surface area contributed by atoms with E-state index in [4.69, 9.17) is 11.0 Å². The molecular weight excluding hydrogens is 400 g/mol. The topological polar surface area (TPSA) is 125 Å². The maximum absolute atomic E-state index is 12.7. The van der Waals surface area contributed by atoms with E-state index in [2.05, 4.69) is 10.0 Å². The smallest absolute Gasteiger partial charge is 0.261 e. The number of carbonyl (C=O) groups is 1. The number of rotatable bonds is 7. The Labute approximate surface area is 175 Å². The molecule has 0 bridgehead atoms. The number of hydrogen-bond donors (Lipinski definition) is 3. The van der Waals surface area contributed by atoms with Crippen molar-refractivity contribution in [1.82, 2.24) is 0 Å². The van der Waals surface area contributed by atoms with E-state index in [1.54, 1.807) is 54.6 Å². The van der Waals surface area contributed by atoms with Gasteiger partial charge in [-0.05, 0) is 54.4 Å².